The Bertz CT molecular complexity index is 767. The number of thiazole rings is 1. The summed E-state index contributed by atoms with van der Waals surface area (Å²) >= 11 is 1.60. The molecular formula is C19H24N4O2S. The SMILES string of the molecule is CNc1nc(C2(c3ccccc3)CCN(C(=O)CNC(C)=O)CC2)cs1. The van der Waals surface area contributed by atoms with Crippen molar-refractivity contribution in [3.05, 3.63) is 47.0 Å². The van der Waals surface area contributed by atoms with Crippen LogP contribution in [-0.4, -0.2) is 48.4 Å². The van der Waals surface area contributed by atoms with E-state index in [4.69, 9.17) is 4.98 Å². The number of rotatable bonds is 5. The molecule has 2 heterocycles. The molecule has 26 heavy (non-hydrogen) atoms. The highest BCUT2D eigenvalue weighted by Gasteiger charge is 2.40. The second-order valence-electron chi connectivity index (χ2n) is 6.53. The van der Waals surface area contributed by atoms with E-state index < -0.39 is 0 Å². The topological polar surface area (TPSA) is 74.3 Å². The lowest BCUT2D eigenvalue weighted by molar-refractivity contribution is -0.133. The summed E-state index contributed by atoms with van der Waals surface area (Å²) in [4.78, 5) is 30.0. The van der Waals surface area contributed by atoms with Gasteiger partial charge in [-0.2, -0.15) is 0 Å². The van der Waals surface area contributed by atoms with Gasteiger partial charge >= 0.3 is 0 Å². The van der Waals surface area contributed by atoms with Crippen molar-refractivity contribution in [2.75, 3.05) is 32.0 Å². The molecule has 1 aliphatic heterocycles. The first-order chi connectivity index (χ1) is 12.5. The van der Waals surface area contributed by atoms with Crippen molar-refractivity contribution < 1.29 is 9.59 Å². The lowest BCUT2D eigenvalue weighted by atomic mass is 9.70. The molecule has 0 atom stereocenters. The van der Waals surface area contributed by atoms with Crippen LogP contribution in [0.2, 0.25) is 0 Å². The van der Waals surface area contributed by atoms with Crippen LogP contribution in [0.25, 0.3) is 0 Å². The maximum absolute atomic E-state index is 12.3. The van der Waals surface area contributed by atoms with E-state index in [9.17, 15) is 9.59 Å². The lowest BCUT2D eigenvalue weighted by Gasteiger charge is -2.41. The molecule has 1 aromatic heterocycles. The van der Waals surface area contributed by atoms with Gasteiger partial charge in [-0.1, -0.05) is 30.3 Å². The first-order valence-electron chi connectivity index (χ1n) is 8.76. The number of aromatic nitrogens is 1. The predicted octanol–water partition coefficient (Wildman–Crippen LogP) is 2.23. The number of nitrogens with zero attached hydrogens (tertiary/aromatic N) is 2. The van der Waals surface area contributed by atoms with Crippen molar-refractivity contribution in [2.45, 2.75) is 25.2 Å². The van der Waals surface area contributed by atoms with Crippen LogP contribution in [-0.2, 0) is 15.0 Å². The number of hydrogen-bond donors (Lipinski definition) is 2. The third-order valence-electron chi connectivity index (χ3n) is 4.99. The number of hydrogen-bond acceptors (Lipinski definition) is 5. The molecule has 1 aliphatic rings. The Kier molecular flexibility index (Phi) is 5.56. The van der Waals surface area contributed by atoms with Gasteiger partial charge in [0.2, 0.25) is 11.8 Å². The van der Waals surface area contributed by atoms with Crippen LogP contribution in [0.4, 0.5) is 5.13 Å². The Morgan fingerprint density at radius 1 is 1.23 bits per heavy atom. The summed E-state index contributed by atoms with van der Waals surface area (Å²) in [5.41, 5.74) is 2.12. The first-order valence-corrected chi connectivity index (χ1v) is 9.64. The van der Waals surface area contributed by atoms with E-state index in [2.05, 4.69) is 40.3 Å². The fourth-order valence-electron chi connectivity index (χ4n) is 3.51. The molecule has 0 saturated carbocycles. The van der Waals surface area contributed by atoms with Crippen molar-refractivity contribution in [2.24, 2.45) is 0 Å². The molecule has 2 amide bonds. The summed E-state index contributed by atoms with van der Waals surface area (Å²) < 4.78 is 0. The molecule has 2 N–H and O–H groups in total. The Labute approximate surface area is 157 Å². The monoisotopic (exact) mass is 372 g/mol. The van der Waals surface area contributed by atoms with Gasteiger partial charge in [-0.15, -0.1) is 11.3 Å². The number of carbonyl (C=O) groups is 2. The summed E-state index contributed by atoms with van der Waals surface area (Å²) in [7, 11) is 1.88. The smallest absolute Gasteiger partial charge is 0.241 e. The van der Waals surface area contributed by atoms with Gasteiger partial charge in [-0.05, 0) is 18.4 Å². The van der Waals surface area contributed by atoms with Gasteiger partial charge in [0.05, 0.1) is 12.2 Å². The summed E-state index contributed by atoms with van der Waals surface area (Å²) in [5.74, 6) is -0.216. The summed E-state index contributed by atoms with van der Waals surface area (Å²) in [6.45, 7) is 2.79. The largest absolute Gasteiger partial charge is 0.365 e. The number of nitrogens with one attached hydrogen (secondary N) is 2. The highest BCUT2D eigenvalue weighted by molar-refractivity contribution is 7.13. The number of likely N-dealkylation sites (tertiary alicyclic amines) is 1. The Balaban J connectivity index is 1.81. The van der Waals surface area contributed by atoms with Gasteiger partial charge in [-0.3, -0.25) is 9.59 Å². The molecule has 1 fully saturated rings. The molecule has 138 valence electrons. The lowest BCUT2D eigenvalue weighted by Crippen LogP contribution is -2.48. The van der Waals surface area contributed by atoms with Crippen molar-refractivity contribution >= 4 is 28.3 Å². The molecule has 0 radical (unpaired) electrons. The maximum atomic E-state index is 12.3. The van der Waals surface area contributed by atoms with E-state index in [1.54, 1.807) is 11.3 Å². The fourth-order valence-corrected chi connectivity index (χ4v) is 4.28. The Hall–Kier alpha value is -2.41. The van der Waals surface area contributed by atoms with Crippen molar-refractivity contribution in [1.29, 1.82) is 0 Å². The van der Waals surface area contributed by atoms with E-state index >= 15 is 0 Å². The molecule has 7 heteroatoms. The third kappa shape index (κ3) is 3.72. The van der Waals surface area contributed by atoms with Crippen molar-refractivity contribution in [3.63, 3.8) is 0 Å². The van der Waals surface area contributed by atoms with Gasteiger partial charge in [0.15, 0.2) is 5.13 Å². The van der Waals surface area contributed by atoms with E-state index in [0.717, 1.165) is 23.7 Å². The minimum absolute atomic E-state index is 0.0314. The quantitative estimate of drug-likeness (QED) is 0.844. The van der Waals surface area contributed by atoms with Crippen LogP contribution in [0.15, 0.2) is 35.7 Å². The second kappa shape index (κ2) is 7.86. The normalized spacial score (nSPS) is 16.2. The maximum Gasteiger partial charge on any atom is 0.241 e. The zero-order valence-corrected chi connectivity index (χ0v) is 15.9. The van der Waals surface area contributed by atoms with E-state index in [-0.39, 0.29) is 23.8 Å². The highest BCUT2D eigenvalue weighted by Crippen LogP contribution is 2.42. The molecule has 1 saturated heterocycles. The molecule has 0 aliphatic carbocycles. The Morgan fingerprint density at radius 3 is 2.50 bits per heavy atom. The van der Waals surface area contributed by atoms with Gasteiger partial charge in [0.1, 0.15) is 0 Å². The summed E-state index contributed by atoms with van der Waals surface area (Å²) in [6, 6.07) is 10.4. The second-order valence-corrected chi connectivity index (χ2v) is 7.38. The number of benzene rings is 1. The molecule has 6 nitrogen and oxygen atoms in total. The van der Waals surface area contributed by atoms with E-state index in [0.29, 0.717) is 13.1 Å². The number of piperidine rings is 1. The van der Waals surface area contributed by atoms with E-state index in [1.165, 1.54) is 12.5 Å². The fraction of sp³-hybridized carbons (Fsp3) is 0.421. The number of anilines is 1. The van der Waals surface area contributed by atoms with E-state index in [1.807, 2.05) is 18.0 Å². The van der Waals surface area contributed by atoms with Crippen molar-refractivity contribution in [1.82, 2.24) is 15.2 Å². The van der Waals surface area contributed by atoms with Crippen LogP contribution in [0.3, 0.4) is 0 Å². The number of amides is 2. The zero-order valence-electron chi connectivity index (χ0n) is 15.1. The van der Waals surface area contributed by atoms with Gasteiger partial charge in [-0.25, -0.2) is 4.98 Å². The number of carbonyl (C=O) groups excluding carboxylic acids is 2. The summed E-state index contributed by atoms with van der Waals surface area (Å²) in [5, 5.41) is 8.72. The van der Waals surface area contributed by atoms with Crippen LogP contribution < -0.4 is 10.6 Å². The molecule has 3 rings (SSSR count). The standard InChI is InChI=1S/C19H24N4O2S/c1-14(24)21-12-17(25)23-10-8-19(9-11-23,15-6-4-3-5-7-15)16-13-26-18(20-2)22-16/h3-7,13H,8-12H2,1-2H3,(H,20,22)(H,21,24). The van der Waals surface area contributed by atoms with Gasteiger partial charge in [0.25, 0.3) is 0 Å². The average molecular weight is 372 g/mol. The zero-order chi connectivity index (χ0) is 18.6. The molecule has 0 spiro atoms. The van der Waals surface area contributed by atoms with Crippen molar-refractivity contribution in [3.8, 4) is 0 Å². The minimum atomic E-state index is -0.184. The van der Waals surface area contributed by atoms with Gasteiger partial charge in [0, 0.05) is 37.9 Å². The average Bonchev–Trinajstić information content (AvgIpc) is 3.16. The molecule has 0 unspecified atom stereocenters. The van der Waals surface area contributed by atoms with Gasteiger partial charge < -0.3 is 15.5 Å². The minimum Gasteiger partial charge on any atom is -0.365 e. The van der Waals surface area contributed by atoms with Crippen LogP contribution >= 0.6 is 11.3 Å². The van der Waals surface area contributed by atoms with Crippen LogP contribution in [0, 0.1) is 0 Å². The molecular weight excluding hydrogens is 348 g/mol. The first kappa shape index (κ1) is 18.4. The molecule has 2 aromatic rings. The Morgan fingerprint density at radius 2 is 1.92 bits per heavy atom. The van der Waals surface area contributed by atoms with Crippen LogP contribution in [0.1, 0.15) is 31.0 Å². The predicted molar refractivity (Wildman–Crippen MR) is 103 cm³/mol. The summed E-state index contributed by atoms with van der Waals surface area (Å²) in [6.07, 6.45) is 1.63. The molecule has 0 bridgehead atoms. The van der Waals surface area contributed by atoms with Crippen LogP contribution in [0.5, 0.6) is 0 Å². The third-order valence-corrected chi connectivity index (χ3v) is 5.85. The highest BCUT2D eigenvalue weighted by atomic mass is 32.1. The molecule has 1 aromatic carbocycles.